The molecule has 0 bridgehead atoms. The molecule has 0 aliphatic heterocycles. The first kappa shape index (κ1) is 10.9. The van der Waals surface area contributed by atoms with Gasteiger partial charge in [-0.3, -0.25) is 4.79 Å². The third-order valence-corrected chi connectivity index (χ3v) is 2.73. The van der Waals surface area contributed by atoms with E-state index in [0.717, 1.165) is 0 Å². The van der Waals surface area contributed by atoms with Crippen molar-refractivity contribution in [2.75, 3.05) is 7.11 Å². The summed E-state index contributed by atoms with van der Waals surface area (Å²) in [6, 6.07) is 6.01. The van der Waals surface area contributed by atoms with E-state index < -0.39 is 0 Å². The molecule has 0 aromatic heterocycles. The zero-order chi connectivity index (χ0) is 11.5. The van der Waals surface area contributed by atoms with Crippen molar-refractivity contribution in [2.24, 2.45) is 5.92 Å². The number of carbonyl (C=O) groups excluding carboxylic acids is 1. The molecule has 0 unspecified atom stereocenters. The summed E-state index contributed by atoms with van der Waals surface area (Å²) in [6.07, 6.45) is 1.28. The van der Waals surface area contributed by atoms with Crippen molar-refractivity contribution in [3.8, 4) is 5.75 Å². The fourth-order valence-electron chi connectivity index (χ4n) is 1.75. The fraction of sp³-hybridized carbons (Fsp3) is 0.417. The number of ether oxygens (including phenoxy) is 2. The Labute approximate surface area is 93.2 Å². The molecule has 0 atom stereocenters. The SMILES string of the molecule is COC(=O)[C@H]1C[C@H](Oc2cccc(F)c2)C1. The third kappa shape index (κ3) is 2.32. The molecule has 86 valence electrons. The number of carbonyl (C=O) groups is 1. The van der Waals surface area contributed by atoms with Gasteiger partial charge in [0.15, 0.2) is 0 Å². The molecule has 4 heteroatoms. The molecule has 0 spiro atoms. The second-order valence-electron chi connectivity index (χ2n) is 3.89. The maximum Gasteiger partial charge on any atom is 0.308 e. The van der Waals surface area contributed by atoms with Gasteiger partial charge in [-0.1, -0.05) is 6.07 Å². The summed E-state index contributed by atoms with van der Waals surface area (Å²) in [4.78, 5) is 11.1. The molecule has 1 aliphatic rings. The topological polar surface area (TPSA) is 35.5 Å². The minimum atomic E-state index is -0.318. The Hall–Kier alpha value is -1.58. The van der Waals surface area contributed by atoms with E-state index in [4.69, 9.17) is 4.74 Å². The predicted molar refractivity (Wildman–Crippen MR) is 55.6 cm³/mol. The molecule has 1 fully saturated rings. The zero-order valence-corrected chi connectivity index (χ0v) is 8.98. The molecule has 0 N–H and O–H groups in total. The van der Waals surface area contributed by atoms with Crippen LogP contribution in [0.15, 0.2) is 24.3 Å². The Morgan fingerprint density at radius 2 is 2.19 bits per heavy atom. The number of methoxy groups -OCH3 is 1. The molecule has 1 aromatic carbocycles. The summed E-state index contributed by atoms with van der Waals surface area (Å²) in [5.74, 6) is -0.0719. The normalized spacial score (nSPS) is 23.4. The molecule has 2 rings (SSSR count). The molecule has 1 saturated carbocycles. The zero-order valence-electron chi connectivity index (χ0n) is 8.98. The first-order valence-electron chi connectivity index (χ1n) is 5.19. The van der Waals surface area contributed by atoms with E-state index >= 15 is 0 Å². The molecule has 1 aliphatic carbocycles. The van der Waals surface area contributed by atoms with Gasteiger partial charge in [0.2, 0.25) is 0 Å². The van der Waals surface area contributed by atoms with Crippen molar-refractivity contribution in [1.29, 1.82) is 0 Å². The minimum Gasteiger partial charge on any atom is -0.490 e. The van der Waals surface area contributed by atoms with Crippen LogP contribution < -0.4 is 4.74 Å². The lowest BCUT2D eigenvalue weighted by atomic mass is 9.82. The van der Waals surface area contributed by atoms with E-state index in [2.05, 4.69) is 4.74 Å². The van der Waals surface area contributed by atoms with Crippen LogP contribution in [0.4, 0.5) is 4.39 Å². The smallest absolute Gasteiger partial charge is 0.308 e. The third-order valence-electron chi connectivity index (χ3n) is 2.73. The predicted octanol–water partition coefficient (Wildman–Crippen LogP) is 2.16. The summed E-state index contributed by atoms with van der Waals surface area (Å²) < 4.78 is 23.0. The fourth-order valence-corrected chi connectivity index (χ4v) is 1.75. The monoisotopic (exact) mass is 224 g/mol. The number of rotatable bonds is 3. The highest BCUT2D eigenvalue weighted by Crippen LogP contribution is 2.32. The summed E-state index contributed by atoms with van der Waals surface area (Å²) >= 11 is 0. The van der Waals surface area contributed by atoms with Gasteiger partial charge in [-0.15, -0.1) is 0 Å². The Balaban J connectivity index is 1.84. The molecular weight excluding hydrogens is 211 g/mol. The van der Waals surface area contributed by atoms with Crippen LogP contribution in [0.1, 0.15) is 12.8 Å². The van der Waals surface area contributed by atoms with Crippen LogP contribution in [-0.2, 0) is 9.53 Å². The Bertz CT molecular complexity index is 386. The van der Waals surface area contributed by atoms with Crippen LogP contribution in [0.3, 0.4) is 0 Å². The van der Waals surface area contributed by atoms with Crippen LogP contribution in [0.2, 0.25) is 0 Å². The average Bonchev–Trinajstić information content (AvgIpc) is 2.22. The lowest BCUT2D eigenvalue weighted by molar-refractivity contribution is -0.151. The highest BCUT2D eigenvalue weighted by atomic mass is 19.1. The summed E-state index contributed by atoms with van der Waals surface area (Å²) in [7, 11) is 1.38. The van der Waals surface area contributed by atoms with Gasteiger partial charge in [0.1, 0.15) is 17.7 Å². The van der Waals surface area contributed by atoms with Crippen molar-refractivity contribution in [2.45, 2.75) is 18.9 Å². The Morgan fingerprint density at radius 3 is 2.81 bits per heavy atom. The number of benzene rings is 1. The number of halogens is 1. The number of hydrogen-bond acceptors (Lipinski definition) is 3. The van der Waals surface area contributed by atoms with Crippen molar-refractivity contribution < 1.29 is 18.7 Å². The first-order chi connectivity index (χ1) is 7.69. The van der Waals surface area contributed by atoms with Crippen LogP contribution in [0.5, 0.6) is 5.75 Å². The van der Waals surface area contributed by atoms with Crippen molar-refractivity contribution >= 4 is 5.97 Å². The summed E-state index contributed by atoms with van der Waals surface area (Å²) in [5, 5.41) is 0. The van der Waals surface area contributed by atoms with Gasteiger partial charge in [-0.05, 0) is 25.0 Å². The van der Waals surface area contributed by atoms with Crippen LogP contribution >= 0.6 is 0 Å². The number of hydrogen-bond donors (Lipinski definition) is 0. The van der Waals surface area contributed by atoms with Gasteiger partial charge in [-0.2, -0.15) is 0 Å². The van der Waals surface area contributed by atoms with E-state index in [0.29, 0.717) is 18.6 Å². The van der Waals surface area contributed by atoms with Crippen molar-refractivity contribution in [1.82, 2.24) is 0 Å². The molecule has 1 aromatic rings. The average molecular weight is 224 g/mol. The van der Waals surface area contributed by atoms with Gasteiger partial charge < -0.3 is 9.47 Å². The summed E-state index contributed by atoms with van der Waals surface area (Å²) in [6.45, 7) is 0. The lowest BCUT2D eigenvalue weighted by Crippen LogP contribution is -2.38. The molecule has 0 saturated heterocycles. The second-order valence-corrected chi connectivity index (χ2v) is 3.89. The van der Waals surface area contributed by atoms with Gasteiger partial charge >= 0.3 is 5.97 Å². The Morgan fingerprint density at radius 1 is 1.44 bits per heavy atom. The quantitative estimate of drug-likeness (QED) is 0.738. The standard InChI is InChI=1S/C12H13FO3/c1-15-12(14)8-5-11(6-8)16-10-4-2-3-9(13)7-10/h2-4,7-8,11H,5-6H2,1H3/t8-,11-. The first-order valence-corrected chi connectivity index (χ1v) is 5.19. The van der Waals surface area contributed by atoms with Crippen molar-refractivity contribution in [3.05, 3.63) is 30.1 Å². The van der Waals surface area contributed by atoms with E-state index in [1.165, 1.54) is 19.2 Å². The molecular formula is C12H13FO3. The molecule has 3 nitrogen and oxygen atoms in total. The molecule has 0 amide bonds. The van der Waals surface area contributed by atoms with Gasteiger partial charge in [-0.25, -0.2) is 4.39 Å². The van der Waals surface area contributed by atoms with E-state index in [9.17, 15) is 9.18 Å². The molecule has 16 heavy (non-hydrogen) atoms. The van der Waals surface area contributed by atoms with Gasteiger partial charge in [0, 0.05) is 6.07 Å². The summed E-state index contributed by atoms with van der Waals surface area (Å²) in [5.41, 5.74) is 0. The molecule has 0 radical (unpaired) electrons. The van der Waals surface area contributed by atoms with Crippen LogP contribution in [-0.4, -0.2) is 19.2 Å². The van der Waals surface area contributed by atoms with Crippen LogP contribution in [0.25, 0.3) is 0 Å². The number of esters is 1. The van der Waals surface area contributed by atoms with Gasteiger partial charge in [0.05, 0.1) is 13.0 Å². The van der Waals surface area contributed by atoms with Crippen LogP contribution in [0, 0.1) is 11.7 Å². The van der Waals surface area contributed by atoms with Gasteiger partial charge in [0.25, 0.3) is 0 Å². The highest BCUT2D eigenvalue weighted by molar-refractivity contribution is 5.73. The van der Waals surface area contributed by atoms with E-state index in [1.54, 1.807) is 12.1 Å². The van der Waals surface area contributed by atoms with E-state index in [1.807, 2.05) is 0 Å². The maximum absolute atomic E-state index is 12.8. The maximum atomic E-state index is 12.8. The highest BCUT2D eigenvalue weighted by Gasteiger charge is 2.36. The van der Waals surface area contributed by atoms with Crippen molar-refractivity contribution in [3.63, 3.8) is 0 Å². The Kier molecular flexibility index (Phi) is 3.08. The second kappa shape index (κ2) is 4.51. The van der Waals surface area contributed by atoms with E-state index in [-0.39, 0.29) is 23.8 Å². The largest absolute Gasteiger partial charge is 0.490 e. The lowest BCUT2D eigenvalue weighted by Gasteiger charge is -2.33. The molecule has 0 heterocycles. The minimum absolute atomic E-state index is 0.00843.